The second-order valence-electron chi connectivity index (χ2n) is 4.33. The summed E-state index contributed by atoms with van der Waals surface area (Å²) in [6.07, 6.45) is 1.37. The Labute approximate surface area is 110 Å². The number of nitrogen functional groups attached to an aromatic ring is 1. The lowest BCUT2D eigenvalue weighted by Crippen LogP contribution is -2.04. The third-order valence-electron chi connectivity index (χ3n) is 2.63. The first-order chi connectivity index (χ1) is 8.49. The Morgan fingerprint density at radius 2 is 1.94 bits per heavy atom. The Morgan fingerprint density at radius 3 is 2.56 bits per heavy atom. The molecule has 1 heterocycles. The van der Waals surface area contributed by atoms with Gasteiger partial charge in [0.2, 0.25) is 0 Å². The van der Waals surface area contributed by atoms with Crippen molar-refractivity contribution in [3.05, 3.63) is 40.9 Å². The molecule has 0 fully saturated rings. The minimum atomic E-state index is -0.399. The second kappa shape index (κ2) is 4.90. The molecule has 0 radical (unpaired) electrons. The molecule has 0 aliphatic heterocycles. The van der Waals surface area contributed by atoms with Gasteiger partial charge in [0.25, 0.3) is 0 Å². The number of aromatic nitrogens is 2. The monoisotopic (exact) mass is 265 g/mol. The third kappa shape index (κ3) is 2.43. The Morgan fingerprint density at radius 1 is 1.22 bits per heavy atom. The molecule has 5 heteroatoms. The Balaban J connectivity index is 2.67. The maximum absolute atomic E-state index is 13.4. The quantitative estimate of drug-likeness (QED) is 0.902. The average molecular weight is 266 g/mol. The van der Waals surface area contributed by atoms with Crippen LogP contribution in [0.15, 0.2) is 24.5 Å². The molecule has 0 aliphatic rings. The summed E-state index contributed by atoms with van der Waals surface area (Å²) in [6, 6.07) is 4.31. The van der Waals surface area contributed by atoms with Crippen LogP contribution in [0, 0.1) is 5.82 Å². The van der Waals surface area contributed by atoms with E-state index in [0.717, 1.165) is 5.56 Å². The predicted octanol–water partition coefficient (Wildman–Crippen LogP) is 3.64. The van der Waals surface area contributed by atoms with Gasteiger partial charge in [-0.25, -0.2) is 14.4 Å². The van der Waals surface area contributed by atoms with E-state index in [2.05, 4.69) is 9.97 Å². The highest BCUT2D eigenvalue weighted by Crippen LogP contribution is 2.32. The fraction of sp³-hybridized carbons (Fsp3) is 0.231. The number of hydrogen-bond donors (Lipinski definition) is 1. The molecule has 0 spiro atoms. The number of halogens is 2. The number of anilines is 1. The molecule has 0 unspecified atom stereocenters. The van der Waals surface area contributed by atoms with Crippen LogP contribution in [-0.4, -0.2) is 9.97 Å². The molecule has 0 saturated heterocycles. The molecule has 0 aliphatic carbocycles. The summed E-state index contributed by atoms with van der Waals surface area (Å²) in [6.45, 7) is 3.97. The van der Waals surface area contributed by atoms with Crippen molar-refractivity contribution in [2.45, 2.75) is 19.8 Å². The van der Waals surface area contributed by atoms with Gasteiger partial charge in [0.15, 0.2) is 0 Å². The first-order valence-electron chi connectivity index (χ1n) is 5.56. The van der Waals surface area contributed by atoms with Crippen molar-refractivity contribution in [1.82, 2.24) is 9.97 Å². The lowest BCUT2D eigenvalue weighted by molar-refractivity contribution is 0.628. The zero-order valence-electron chi connectivity index (χ0n) is 10.1. The predicted molar refractivity (Wildman–Crippen MR) is 70.9 cm³/mol. The number of benzene rings is 1. The fourth-order valence-corrected chi connectivity index (χ4v) is 2.12. The molecule has 0 saturated carbocycles. The minimum absolute atomic E-state index is 0.142. The van der Waals surface area contributed by atoms with Gasteiger partial charge in [-0.05, 0) is 24.1 Å². The topological polar surface area (TPSA) is 51.8 Å². The van der Waals surface area contributed by atoms with E-state index in [4.69, 9.17) is 17.3 Å². The van der Waals surface area contributed by atoms with Gasteiger partial charge in [-0.2, -0.15) is 0 Å². The number of rotatable bonds is 2. The van der Waals surface area contributed by atoms with Crippen molar-refractivity contribution < 1.29 is 4.39 Å². The van der Waals surface area contributed by atoms with Crippen molar-refractivity contribution in [3.8, 4) is 11.3 Å². The van der Waals surface area contributed by atoms with Crippen LogP contribution in [0.4, 0.5) is 10.2 Å². The molecule has 0 bridgehead atoms. The second-order valence-corrected chi connectivity index (χ2v) is 4.77. The van der Waals surface area contributed by atoms with E-state index in [0.29, 0.717) is 22.1 Å². The Bertz CT molecular complexity index is 564. The minimum Gasteiger partial charge on any atom is -0.383 e. The fourth-order valence-electron chi connectivity index (χ4n) is 1.90. The van der Waals surface area contributed by atoms with E-state index in [-0.39, 0.29) is 5.92 Å². The molecule has 2 N–H and O–H groups in total. The van der Waals surface area contributed by atoms with E-state index in [9.17, 15) is 4.39 Å². The summed E-state index contributed by atoms with van der Waals surface area (Å²) < 4.78 is 13.4. The summed E-state index contributed by atoms with van der Waals surface area (Å²) in [5.74, 6) is 0.156. The van der Waals surface area contributed by atoms with Crippen molar-refractivity contribution in [2.75, 3.05) is 5.73 Å². The van der Waals surface area contributed by atoms with Gasteiger partial charge < -0.3 is 5.73 Å². The van der Waals surface area contributed by atoms with E-state index >= 15 is 0 Å². The summed E-state index contributed by atoms with van der Waals surface area (Å²) in [5.41, 5.74) is 7.90. The van der Waals surface area contributed by atoms with Gasteiger partial charge in [0.1, 0.15) is 18.0 Å². The van der Waals surface area contributed by atoms with E-state index in [1.165, 1.54) is 18.5 Å². The van der Waals surface area contributed by atoms with Crippen LogP contribution in [0.1, 0.15) is 25.3 Å². The summed E-state index contributed by atoms with van der Waals surface area (Å²) in [4.78, 5) is 8.17. The van der Waals surface area contributed by atoms with Gasteiger partial charge in [-0.15, -0.1) is 0 Å². The van der Waals surface area contributed by atoms with Gasteiger partial charge in [0.05, 0.1) is 5.69 Å². The molecule has 18 heavy (non-hydrogen) atoms. The molecule has 2 aromatic rings. The van der Waals surface area contributed by atoms with Crippen molar-refractivity contribution in [1.29, 1.82) is 0 Å². The van der Waals surface area contributed by atoms with E-state index < -0.39 is 5.82 Å². The van der Waals surface area contributed by atoms with E-state index in [1.54, 1.807) is 6.07 Å². The van der Waals surface area contributed by atoms with Gasteiger partial charge in [-0.3, -0.25) is 0 Å². The molecule has 1 aromatic heterocycles. The van der Waals surface area contributed by atoms with Crippen LogP contribution in [0.5, 0.6) is 0 Å². The molecular weight excluding hydrogens is 253 g/mol. The molecule has 94 valence electrons. The number of hydrogen-bond acceptors (Lipinski definition) is 3. The first-order valence-corrected chi connectivity index (χ1v) is 5.93. The highest BCUT2D eigenvalue weighted by molar-refractivity contribution is 6.30. The van der Waals surface area contributed by atoms with Crippen molar-refractivity contribution >= 4 is 17.4 Å². The third-order valence-corrected chi connectivity index (χ3v) is 2.85. The highest BCUT2D eigenvalue weighted by Gasteiger charge is 2.15. The van der Waals surface area contributed by atoms with Crippen LogP contribution in [-0.2, 0) is 0 Å². The van der Waals surface area contributed by atoms with Crippen LogP contribution in [0.25, 0.3) is 11.3 Å². The maximum atomic E-state index is 13.4. The SMILES string of the molecule is CC(C)c1c(N)ncnc1-c1cc(F)cc(Cl)c1. The highest BCUT2D eigenvalue weighted by atomic mass is 35.5. The zero-order valence-corrected chi connectivity index (χ0v) is 10.9. The van der Waals surface area contributed by atoms with Gasteiger partial charge in [-0.1, -0.05) is 25.4 Å². The summed E-state index contributed by atoms with van der Waals surface area (Å²) in [7, 11) is 0. The molecule has 2 rings (SSSR count). The summed E-state index contributed by atoms with van der Waals surface area (Å²) in [5, 5.41) is 0.330. The van der Waals surface area contributed by atoms with Crippen LogP contribution < -0.4 is 5.73 Å². The van der Waals surface area contributed by atoms with Crippen molar-refractivity contribution in [2.24, 2.45) is 0 Å². The zero-order chi connectivity index (χ0) is 13.3. The smallest absolute Gasteiger partial charge is 0.130 e. The normalized spacial score (nSPS) is 10.9. The lowest BCUT2D eigenvalue weighted by atomic mass is 9.97. The van der Waals surface area contributed by atoms with E-state index in [1.807, 2.05) is 13.8 Å². The number of nitrogens with zero attached hydrogens (tertiary/aromatic N) is 2. The largest absolute Gasteiger partial charge is 0.383 e. The van der Waals surface area contributed by atoms with Crippen LogP contribution >= 0.6 is 11.6 Å². The summed E-state index contributed by atoms with van der Waals surface area (Å²) >= 11 is 5.86. The van der Waals surface area contributed by atoms with Crippen LogP contribution in [0.2, 0.25) is 5.02 Å². The average Bonchev–Trinajstić information content (AvgIpc) is 2.26. The van der Waals surface area contributed by atoms with Gasteiger partial charge in [0, 0.05) is 16.1 Å². The standard InChI is InChI=1S/C13H13ClFN3/c1-7(2)11-12(17-6-18-13(11)16)8-3-9(14)5-10(15)4-8/h3-7H,1-2H3,(H2,16,17,18). The molecule has 0 amide bonds. The number of nitrogens with two attached hydrogens (primary N) is 1. The van der Waals surface area contributed by atoms with Crippen molar-refractivity contribution in [3.63, 3.8) is 0 Å². The maximum Gasteiger partial charge on any atom is 0.130 e. The molecule has 3 nitrogen and oxygen atoms in total. The molecule has 0 atom stereocenters. The first kappa shape index (κ1) is 12.8. The Kier molecular flexibility index (Phi) is 3.48. The van der Waals surface area contributed by atoms with Crippen LogP contribution in [0.3, 0.4) is 0 Å². The molecule has 1 aromatic carbocycles. The molecular formula is C13H13ClFN3. The lowest BCUT2D eigenvalue weighted by Gasteiger charge is -2.13. The Hall–Kier alpha value is -1.68. The van der Waals surface area contributed by atoms with Gasteiger partial charge >= 0.3 is 0 Å².